The summed E-state index contributed by atoms with van der Waals surface area (Å²) in [5.41, 5.74) is 4.54. The highest BCUT2D eigenvalue weighted by atomic mass is 16.2. The summed E-state index contributed by atoms with van der Waals surface area (Å²) in [5.74, 6) is 0.606. The molecule has 0 bridgehead atoms. The number of anilines is 1. The Kier molecular flexibility index (Phi) is 3.46. The van der Waals surface area contributed by atoms with Crippen molar-refractivity contribution in [2.45, 2.75) is 25.3 Å². The Morgan fingerprint density at radius 1 is 1.17 bits per heavy atom. The zero-order valence-corrected chi connectivity index (χ0v) is 13.8. The molecule has 1 N–H and O–H groups in total. The summed E-state index contributed by atoms with van der Waals surface area (Å²) in [5, 5.41) is 0. The number of carbonyl (C=O) groups is 1. The van der Waals surface area contributed by atoms with Gasteiger partial charge in [0.25, 0.3) is 5.91 Å². The third-order valence-corrected chi connectivity index (χ3v) is 5.31. The fourth-order valence-corrected chi connectivity index (χ4v) is 4.18. The lowest BCUT2D eigenvalue weighted by Gasteiger charge is -2.34. The number of hydrogen-bond acceptors (Lipinski definition) is 1. The van der Waals surface area contributed by atoms with Crippen LogP contribution in [-0.4, -0.2) is 32.1 Å². The number of quaternary nitrogens is 1. The first-order chi connectivity index (χ1) is 11.1. The van der Waals surface area contributed by atoms with Gasteiger partial charge in [-0.05, 0) is 30.7 Å². The third-order valence-electron chi connectivity index (χ3n) is 5.31. The second kappa shape index (κ2) is 5.50. The lowest BCUT2D eigenvalue weighted by atomic mass is 9.88. The number of benzene rings is 2. The summed E-state index contributed by atoms with van der Waals surface area (Å²) in [4.78, 5) is 16.8. The van der Waals surface area contributed by atoms with E-state index in [9.17, 15) is 4.79 Å². The summed E-state index contributed by atoms with van der Waals surface area (Å²) in [6.45, 7) is 4.38. The van der Waals surface area contributed by atoms with Crippen molar-refractivity contribution in [3.05, 3.63) is 65.2 Å². The van der Waals surface area contributed by atoms with E-state index in [0.29, 0.717) is 12.0 Å². The molecule has 23 heavy (non-hydrogen) atoms. The SMILES string of the molecule is Cc1ccc2c(c1)[C@@H]1C[NH+](C)CC[C@H]1N2C(=O)c1ccccc1. The maximum absolute atomic E-state index is 13.2. The molecule has 2 aromatic rings. The number of nitrogens with zero attached hydrogens (tertiary/aromatic N) is 1. The highest BCUT2D eigenvalue weighted by Crippen LogP contribution is 2.43. The van der Waals surface area contributed by atoms with E-state index in [2.05, 4.69) is 37.1 Å². The van der Waals surface area contributed by atoms with Crippen LogP contribution in [0.1, 0.15) is 33.8 Å². The van der Waals surface area contributed by atoms with E-state index < -0.39 is 0 Å². The van der Waals surface area contributed by atoms with E-state index in [1.807, 2.05) is 30.3 Å². The average molecular weight is 307 g/mol. The number of fused-ring (bicyclic) bond motifs is 3. The fourth-order valence-electron chi connectivity index (χ4n) is 4.18. The van der Waals surface area contributed by atoms with Gasteiger partial charge < -0.3 is 9.80 Å². The average Bonchev–Trinajstić information content (AvgIpc) is 2.88. The smallest absolute Gasteiger partial charge is 0.258 e. The van der Waals surface area contributed by atoms with E-state index in [1.54, 1.807) is 4.90 Å². The Morgan fingerprint density at radius 2 is 1.96 bits per heavy atom. The molecule has 2 aliphatic rings. The molecule has 3 heteroatoms. The first-order valence-electron chi connectivity index (χ1n) is 8.45. The summed E-state index contributed by atoms with van der Waals surface area (Å²) in [6.07, 6.45) is 1.07. The van der Waals surface area contributed by atoms with Crippen molar-refractivity contribution >= 4 is 11.6 Å². The molecule has 3 atom stereocenters. The van der Waals surface area contributed by atoms with E-state index in [0.717, 1.165) is 30.8 Å². The highest BCUT2D eigenvalue weighted by Gasteiger charge is 2.45. The highest BCUT2D eigenvalue weighted by molar-refractivity contribution is 6.08. The summed E-state index contributed by atoms with van der Waals surface area (Å²) in [6, 6.07) is 16.5. The predicted octanol–water partition coefficient (Wildman–Crippen LogP) is 2.03. The van der Waals surface area contributed by atoms with Crippen LogP contribution in [0.5, 0.6) is 0 Å². The molecule has 1 fully saturated rings. The number of carbonyl (C=O) groups excluding carboxylic acids is 1. The molecule has 0 aliphatic carbocycles. The van der Waals surface area contributed by atoms with Crippen LogP contribution in [0, 0.1) is 6.92 Å². The van der Waals surface area contributed by atoms with E-state index in [-0.39, 0.29) is 5.91 Å². The number of aryl methyl sites for hydroxylation is 1. The molecule has 2 heterocycles. The van der Waals surface area contributed by atoms with Gasteiger partial charge in [-0.3, -0.25) is 4.79 Å². The lowest BCUT2D eigenvalue weighted by molar-refractivity contribution is -0.886. The maximum atomic E-state index is 13.2. The number of likely N-dealkylation sites (tertiary alicyclic amines) is 1. The Labute approximate surface area is 137 Å². The minimum absolute atomic E-state index is 0.141. The van der Waals surface area contributed by atoms with Crippen LogP contribution in [-0.2, 0) is 0 Å². The number of hydrogen-bond donors (Lipinski definition) is 1. The molecular weight excluding hydrogens is 284 g/mol. The topological polar surface area (TPSA) is 24.8 Å². The Morgan fingerprint density at radius 3 is 2.74 bits per heavy atom. The van der Waals surface area contributed by atoms with Gasteiger partial charge in [0, 0.05) is 17.7 Å². The van der Waals surface area contributed by atoms with E-state index in [1.165, 1.54) is 11.1 Å². The molecule has 2 aromatic carbocycles. The molecule has 118 valence electrons. The monoisotopic (exact) mass is 307 g/mol. The molecule has 0 spiro atoms. The minimum Gasteiger partial charge on any atom is -0.337 e. The normalized spacial score (nSPS) is 25.8. The maximum Gasteiger partial charge on any atom is 0.258 e. The van der Waals surface area contributed by atoms with Crippen LogP contribution < -0.4 is 9.80 Å². The minimum atomic E-state index is 0.141. The molecule has 0 saturated carbocycles. The first kappa shape index (κ1) is 14.5. The van der Waals surface area contributed by atoms with Crippen LogP contribution >= 0.6 is 0 Å². The Balaban J connectivity index is 1.79. The molecular formula is C20H23N2O+. The lowest BCUT2D eigenvalue weighted by Crippen LogP contribution is -3.11. The molecule has 4 rings (SSSR count). The van der Waals surface area contributed by atoms with Gasteiger partial charge in [-0.15, -0.1) is 0 Å². The fraction of sp³-hybridized carbons (Fsp3) is 0.350. The molecule has 1 unspecified atom stereocenters. The van der Waals surface area contributed by atoms with Crippen molar-refractivity contribution < 1.29 is 9.69 Å². The van der Waals surface area contributed by atoms with Crippen molar-refractivity contribution in [1.29, 1.82) is 0 Å². The van der Waals surface area contributed by atoms with Crippen LogP contribution in [0.4, 0.5) is 5.69 Å². The van der Waals surface area contributed by atoms with Gasteiger partial charge in [0.1, 0.15) is 0 Å². The largest absolute Gasteiger partial charge is 0.337 e. The number of amides is 1. The standard InChI is InChI=1S/C20H22N2O/c1-14-8-9-18-16(12-14)17-13-21(2)11-10-19(17)22(18)20(23)15-6-4-3-5-7-15/h3-9,12,17,19H,10-11,13H2,1-2H3/p+1/t17-,19+/m0/s1. The van der Waals surface area contributed by atoms with E-state index >= 15 is 0 Å². The van der Waals surface area contributed by atoms with Crippen LogP contribution in [0.25, 0.3) is 0 Å². The van der Waals surface area contributed by atoms with Crippen LogP contribution in [0.15, 0.2) is 48.5 Å². The van der Waals surface area contributed by atoms with Crippen LogP contribution in [0.3, 0.4) is 0 Å². The van der Waals surface area contributed by atoms with Crippen molar-refractivity contribution in [2.75, 3.05) is 25.0 Å². The van der Waals surface area contributed by atoms with Crippen molar-refractivity contribution in [3.63, 3.8) is 0 Å². The molecule has 0 radical (unpaired) electrons. The number of rotatable bonds is 1. The van der Waals surface area contributed by atoms with Gasteiger partial charge >= 0.3 is 0 Å². The number of piperidine rings is 1. The van der Waals surface area contributed by atoms with Gasteiger partial charge in [0.15, 0.2) is 0 Å². The zero-order valence-electron chi connectivity index (χ0n) is 13.8. The van der Waals surface area contributed by atoms with Gasteiger partial charge in [-0.1, -0.05) is 35.9 Å². The Bertz CT molecular complexity index is 741. The van der Waals surface area contributed by atoms with E-state index in [4.69, 9.17) is 0 Å². The third kappa shape index (κ3) is 2.36. The van der Waals surface area contributed by atoms with Crippen molar-refractivity contribution in [2.24, 2.45) is 0 Å². The van der Waals surface area contributed by atoms with Crippen LogP contribution in [0.2, 0.25) is 0 Å². The Hall–Kier alpha value is -2.13. The second-order valence-corrected chi connectivity index (χ2v) is 6.98. The van der Waals surface area contributed by atoms with Crippen molar-refractivity contribution in [1.82, 2.24) is 0 Å². The van der Waals surface area contributed by atoms with Gasteiger partial charge in [0.05, 0.1) is 32.1 Å². The summed E-state index contributed by atoms with van der Waals surface area (Å²) < 4.78 is 0. The number of likely N-dealkylation sites (N-methyl/N-ethyl adjacent to an activating group) is 1. The van der Waals surface area contributed by atoms with Gasteiger partial charge in [-0.25, -0.2) is 0 Å². The summed E-state index contributed by atoms with van der Waals surface area (Å²) >= 11 is 0. The zero-order chi connectivity index (χ0) is 16.0. The van der Waals surface area contributed by atoms with Crippen molar-refractivity contribution in [3.8, 4) is 0 Å². The molecule has 0 aromatic heterocycles. The van der Waals surface area contributed by atoms with Gasteiger partial charge in [0.2, 0.25) is 0 Å². The summed E-state index contributed by atoms with van der Waals surface area (Å²) in [7, 11) is 2.26. The first-order valence-corrected chi connectivity index (χ1v) is 8.45. The molecule has 1 amide bonds. The predicted molar refractivity (Wildman–Crippen MR) is 92.2 cm³/mol. The second-order valence-electron chi connectivity index (χ2n) is 6.98. The molecule has 2 aliphatic heterocycles. The molecule has 1 saturated heterocycles. The van der Waals surface area contributed by atoms with Gasteiger partial charge in [-0.2, -0.15) is 0 Å². The number of nitrogens with one attached hydrogen (secondary N) is 1. The quantitative estimate of drug-likeness (QED) is 0.857. The molecule has 3 nitrogen and oxygen atoms in total.